The van der Waals surface area contributed by atoms with Gasteiger partial charge in [0.15, 0.2) is 5.11 Å². The van der Waals surface area contributed by atoms with E-state index in [1.165, 1.54) is 6.42 Å². The summed E-state index contributed by atoms with van der Waals surface area (Å²) in [5.74, 6) is 0.705. The number of ether oxygens (including phenoxy) is 1. The van der Waals surface area contributed by atoms with E-state index in [1.807, 2.05) is 35.1 Å². The molecule has 0 radical (unpaired) electrons. The molecule has 27 heavy (non-hydrogen) atoms. The molecule has 0 unspecified atom stereocenters. The number of amides is 1. The Labute approximate surface area is 182 Å². The topological polar surface area (TPSA) is 32.8 Å². The van der Waals surface area contributed by atoms with E-state index in [-0.39, 0.29) is 11.9 Å². The molecule has 1 aliphatic carbocycles. The van der Waals surface area contributed by atoms with E-state index in [0.29, 0.717) is 23.2 Å². The maximum Gasteiger partial charge on any atom is 0.277 e. The highest BCUT2D eigenvalue weighted by Crippen LogP contribution is 2.36. The average molecular weight is 514 g/mol. The highest BCUT2D eigenvalue weighted by atomic mass is 79.9. The molecule has 4 nitrogen and oxygen atoms in total. The Hall–Kier alpha value is -1.18. The van der Waals surface area contributed by atoms with Gasteiger partial charge in [-0.1, -0.05) is 31.9 Å². The number of carbonyl (C=O) groups is 1. The SMILES string of the molecule is C=CCOc1c(Br)cc(/C=C2/C(=O)N(C3CCCCC3)C(=S)N2C)cc1Br. The van der Waals surface area contributed by atoms with Crippen LogP contribution in [0.5, 0.6) is 5.75 Å². The minimum atomic E-state index is -0.00590. The second-order valence-corrected chi connectivity index (χ2v) is 8.83. The lowest BCUT2D eigenvalue weighted by Gasteiger charge is -2.30. The lowest BCUT2D eigenvalue weighted by molar-refractivity contribution is -0.124. The molecule has 0 N–H and O–H groups in total. The van der Waals surface area contributed by atoms with Crippen LogP contribution in [0, 0.1) is 0 Å². The van der Waals surface area contributed by atoms with Gasteiger partial charge in [0.2, 0.25) is 0 Å². The minimum absolute atomic E-state index is 0.00590. The number of hydrogen-bond acceptors (Lipinski definition) is 3. The van der Waals surface area contributed by atoms with Gasteiger partial charge in [-0.3, -0.25) is 9.69 Å². The maximum atomic E-state index is 13.1. The van der Waals surface area contributed by atoms with Crippen LogP contribution in [0.25, 0.3) is 6.08 Å². The van der Waals surface area contributed by atoms with E-state index in [9.17, 15) is 4.79 Å². The first-order valence-electron chi connectivity index (χ1n) is 8.99. The molecular weight excluding hydrogens is 492 g/mol. The fraction of sp³-hybridized carbons (Fsp3) is 0.400. The second kappa shape index (κ2) is 8.88. The van der Waals surface area contributed by atoms with Gasteiger partial charge in [-0.15, -0.1) is 0 Å². The van der Waals surface area contributed by atoms with Crippen LogP contribution >= 0.6 is 44.1 Å². The maximum absolute atomic E-state index is 13.1. The van der Waals surface area contributed by atoms with Crippen molar-refractivity contribution in [2.75, 3.05) is 13.7 Å². The monoisotopic (exact) mass is 512 g/mol. The molecule has 1 aromatic carbocycles. The third-order valence-electron chi connectivity index (χ3n) is 4.90. The molecule has 1 amide bonds. The van der Waals surface area contributed by atoms with Crippen LogP contribution in [0.3, 0.4) is 0 Å². The summed E-state index contributed by atoms with van der Waals surface area (Å²) < 4.78 is 7.28. The van der Waals surface area contributed by atoms with Gasteiger partial charge in [-0.25, -0.2) is 0 Å². The zero-order valence-electron chi connectivity index (χ0n) is 15.2. The highest BCUT2D eigenvalue weighted by Gasteiger charge is 2.40. The van der Waals surface area contributed by atoms with Crippen molar-refractivity contribution in [1.29, 1.82) is 0 Å². The van der Waals surface area contributed by atoms with E-state index >= 15 is 0 Å². The molecular formula is C20H22Br2N2O2S. The molecule has 0 bridgehead atoms. The summed E-state index contributed by atoms with van der Waals surface area (Å²) in [5.41, 5.74) is 1.49. The van der Waals surface area contributed by atoms with E-state index in [4.69, 9.17) is 17.0 Å². The van der Waals surface area contributed by atoms with Crippen LogP contribution in [-0.4, -0.2) is 40.5 Å². The van der Waals surface area contributed by atoms with E-state index < -0.39 is 0 Å². The molecule has 0 atom stereocenters. The highest BCUT2D eigenvalue weighted by molar-refractivity contribution is 9.11. The predicted molar refractivity (Wildman–Crippen MR) is 120 cm³/mol. The van der Waals surface area contributed by atoms with Crippen LogP contribution in [0.1, 0.15) is 37.7 Å². The fourth-order valence-corrected chi connectivity index (χ4v) is 5.32. The molecule has 144 valence electrons. The van der Waals surface area contributed by atoms with Crippen molar-refractivity contribution in [3.05, 3.63) is 45.0 Å². The smallest absolute Gasteiger partial charge is 0.277 e. The lowest BCUT2D eigenvalue weighted by Crippen LogP contribution is -2.41. The molecule has 2 fully saturated rings. The van der Waals surface area contributed by atoms with E-state index in [1.54, 1.807) is 6.08 Å². The summed E-state index contributed by atoms with van der Waals surface area (Å²) in [6.07, 6.45) is 9.19. The lowest BCUT2D eigenvalue weighted by atomic mass is 9.94. The number of benzene rings is 1. The number of likely N-dealkylation sites (N-methyl/N-ethyl adjacent to an activating group) is 1. The first-order valence-corrected chi connectivity index (χ1v) is 11.0. The van der Waals surface area contributed by atoms with Gasteiger partial charge >= 0.3 is 0 Å². The van der Waals surface area contributed by atoms with Crippen molar-refractivity contribution in [1.82, 2.24) is 9.80 Å². The molecule has 0 spiro atoms. The van der Waals surface area contributed by atoms with Crippen LogP contribution in [0.15, 0.2) is 39.4 Å². The zero-order chi connectivity index (χ0) is 19.6. The molecule has 2 aliphatic rings. The van der Waals surface area contributed by atoms with Gasteiger partial charge in [0.1, 0.15) is 18.1 Å². The van der Waals surface area contributed by atoms with Crippen molar-refractivity contribution in [2.45, 2.75) is 38.1 Å². The first-order chi connectivity index (χ1) is 12.9. The minimum Gasteiger partial charge on any atom is -0.487 e. The van der Waals surface area contributed by atoms with Crippen molar-refractivity contribution in [3.63, 3.8) is 0 Å². The molecule has 0 aromatic heterocycles. The molecule has 3 rings (SSSR count). The van der Waals surface area contributed by atoms with Crippen LogP contribution < -0.4 is 4.74 Å². The van der Waals surface area contributed by atoms with Gasteiger partial charge in [0, 0.05) is 13.1 Å². The third-order valence-corrected chi connectivity index (χ3v) is 6.55. The number of halogens is 2. The summed E-state index contributed by atoms with van der Waals surface area (Å²) in [7, 11) is 1.86. The van der Waals surface area contributed by atoms with E-state index in [2.05, 4.69) is 38.4 Å². The Bertz CT molecular complexity index is 780. The van der Waals surface area contributed by atoms with Gasteiger partial charge in [0.05, 0.1) is 8.95 Å². The molecule has 1 aromatic rings. The Morgan fingerprint density at radius 2 is 1.89 bits per heavy atom. The normalized spacial score (nSPS) is 19.9. The standard InChI is InChI=1S/C20H22Br2N2O2S/c1-3-9-26-18-15(21)10-13(11-16(18)22)12-17-19(25)24(20(27)23(17)2)14-7-5-4-6-8-14/h3,10-12,14H,1,4-9H2,2H3/b17-12-. The summed E-state index contributed by atoms with van der Waals surface area (Å²) in [4.78, 5) is 16.7. The number of hydrogen-bond donors (Lipinski definition) is 0. The molecule has 1 aliphatic heterocycles. The average Bonchev–Trinajstić information content (AvgIpc) is 2.85. The van der Waals surface area contributed by atoms with Crippen LogP contribution in [0.2, 0.25) is 0 Å². The van der Waals surface area contributed by atoms with Gasteiger partial charge < -0.3 is 9.64 Å². The Kier molecular flexibility index (Phi) is 6.76. The fourth-order valence-electron chi connectivity index (χ4n) is 3.54. The van der Waals surface area contributed by atoms with Crippen molar-refractivity contribution < 1.29 is 9.53 Å². The van der Waals surface area contributed by atoms with Crippen molar-refractivity contribution in [2.24, 2.45) is 0 Å². The largest absolute Gasteiger partial charge is 0.487 e. The second-order valence-electron chi connectivity index (χ2n) is 6.75. The first kappa shape index (κ1) is 20.6. The third kappa shape index (κ3) is 4.30. The van der Waals surface area contributed by atoms with Gasteiger partial charge in [-0.05, 0) is 80.7 Å². The van der Waals surface area contributed by atoms with Crippen molar-refractivity contribution in [3.8, 4) is 5.75 Å². The Balaban J connectivity index is 1.89. The Morgan fingerprint density at radius 3 is 2.48 bits per heavy atom. The van der Waals surface area contributed by atoms with Crippen LogP contribution in [-0.2, 0) is 4.79 Å². The van der Waals surface area contributed by atoms with Crippen LogP contribution in [0.4, 0.5) is 0 Å². The Morgan fingerprint density at radius 1 is 1.26 bits per heavy atom. The number of carbonyl (C=O) groups excluding carboxylic acids is 1. The van der Waals surface area contributed by atoms with Gasteiger partial charge in [-0.2, -0.15) is 0 Å². The van der Waals surface area contributed by atoms with E-state index in [0.717, 1.165) is 40.2 Å². The van der Waals surface area contributed by atoms with Crippen molar-refractivity contribution >= 4 is 61.2 Å². The zero-order valence-corrected chi connectivity index (χ0v) is 19.2. The van der Waals surface area contributed by atoms with Gasteiger partial charge in [0.25, 0.3) is 5.91 Å². The molecule has 1 saturated carbocycles. The summed E-state index contributed by atoms with van der Waals surface area (Å²) in [6, 6.07) is 4.09. The quantitative estimate of drug-likeness (QED) is 0.295. The molecule has 7 heteroatoms. The molecule has 1 heterocycles. The number of thiocarbonyl (C=S) groups is 1. The predicted octanol–water partition coefficient (Wildman–Crippen LogP) is 5.51. The summed E-state index contributed by atoms with van der Waals surface area (Å²) in [5, 5.41) is 0.599. The number of nitrogens with zero attached hydrogens (tertiary/aromatic N) is 2. The summed E-state index contributed by atoms with van der Waals surface area (Å²) >= 11 is 12.7. The summed E-state index contributed by atoms with van der Waals surface area (Å²) in [6.45, 7) is 4.09. The molecule has 1 saturated heterocycles. The number of rotatable bonds is 5.